The van der Waals surface area contributed by atoms with E-state index in [1.165, 1.54) is 11.9 Å². The molecule has 2 heterocycles. The quantitative estimate of drug-likeness (QED) is 0.717. The molecule has 0 atom stereocenters. The second-order valence-corrected chi connectivity index (χ2v) is 4.66. The van der Waals surface area contributed by atoms with Gasteiger partial charge in [0.15, 0.2) is 16.2 Å². The average molecular weight is 271 g/mol. The van der Waals surface area contributed by atoms with Crippen molar-refractivity contribution in [2.24, 2.45) is 0 Å². The molecule has 1 aromatic carbocycles. The number of imidazole rings is 1. The molecule has 2 aromatic heterocycles. The van der Waals surface area contributed by atoms with Crippen LogP contribution < -0.4 is 5.73 Å². The number of aryl methyl sites for hydroxylation is 2. The van der Waals surface area contributed by atoms with Crippen LogP contribution in [0.3, 0.4) is 0 Å². The van der Waals surface area contributed by atoms with Crippen LogP contribution in [0.1, 0.15) is 5.56 Å². The van der Waals surface area contributed by atoms with Gasteiger partial charge in [-0.3, -0.25) is 0 Å². The number of aromatic nitrogens is 4. The minimum Gasteiger partial charge on any atom is -0.382 e. The summed E-state index contributed by atoms with van der Waals surface area (Å²) in [7, 11) is 0. The van der Waals surface area contributed by atoms with Gasteiger partial charge in [0.25, 0.3) is 0 Å². The highest BCUT2D eigenvalue weighted by molar-refractivity contribution is 7.71. The molecule has 3 aromatic rings. The number of nitrogens with one attached hydrogen (secondary N) is 1. The highest BCUT2D eigenvalue weighted by Gasteiger charge is 2.08. The second-order valence-electron chi connectivity index (χ2n) is 4.27. The molecule has 0 saturated carbocycles. The number of nitrogen functional groups attached to an aromatic ring is 1. The first-order valence-corrected chi connectivity index (χ1v) is 6.39. The smallest absolute Gasteiger partial charge is 0.179 e. The first-order valence-electron chi connectivity index (χ1n) is 5.98. The van der Waals surface area contributed by atoms with Crippen molar-refractivity contribution in [1.82, 2.24) is 19.5 Å². The van der Waals surface area contributed by atoms with Crippen molar-refractivity contribution in [3.05, 3.63) is 47.0 Å². The fourth-order valence-corrected chi connectivity index (χ4v) is 2.36. The van der Waals surface area contributed by atoms with E-state index in [-0.39, 0.29) is 0 Å². The predicted molar refractivity (Wildman–Crippen MR) is 77.3 cm³/mol. The maximum Gasteiger partial charge on any atom is 0.179 e. The van der Waals surface area contributed by atoms with Crippen LogP contribution in [0.5, 0.6) is 0 Å². The number of hydrogen-bond donors (Lipinski definition) is 2. The van der Waals surface area contributed by atoms with Gasteiger partial charge >= 0.3 is 0 Å². The summed E-state index contributed by atoms with van der Waals surface area (Å²) in [6.45, 7) is 0.763. The van der Waals surface area contributed by atoms with Gasteiger partial charge in [-0.25, -0.2) is 9.97 Å². The summed E-state index contributed by atoms with van der Waals surface area (Å²) < 4.78 is 2.58. The molecular formula is C13H13N5S. The highest BCUT2D eigenvalue weighted by atomic mass is 32.1. The minimum atomic E-state index is 0.426. The number of aromatic amines is 1. The maximum absolute atomic E-state index is 5.80. The Kier molecular flexibility index (Phi) is 3.00. The van der Waals surface area contributed by atoms with Crippen LogP contribution >= 0.6 is 12.2 Å². The molecule has 0 radical (unpaired) electrons. The SMILES string of the molecule is Nc1ncnc2c1[nH]c(=S)n2CCc1ccccc1. The van der Waals surface area contributed by atoms with Crippen molar-refractivity contribution in [2.75, 3.05) is 5.73 Å². The van der Waals surface area contributed by atoms with Crippen LogP contribution in [0, 0.1) is 4.77 Å². The molecule has 0 aliphatic rings. The van der Waals surface area contributed by atoms with E-state index < -0.39 is 0 Å². The zero-order chi connectivity index (χ0) is 13.2. The topological polar surface area (TPSA) is 72.5 Å². The molecule has 96 valence electrons. The van der Waals surface area contributed by atoms with Gasteiger partial charge in [0.2, 0.25) is 0 Å². The summed E-state index contributed by atoms with van der Waals surface area (Å²) in [5.41, 5.74) is 8.53. The Labute approximate surface area is 115 Å². The summed E-state index contributed by atoms with van der Waals surface area (Å²) in [4.78, 5) is 11.3. The molecule has 3 N–H and O–H groups in total. The van der Waals surface area contributed by atoms with E-state index in [9.17, 15) is 0 Å². The second kappa shape index (κ2) is 4.81. The lowest BCUT2D eigenvalue weighted by molar-refractivity contribution is 0.700. The van der Waals surface area contributed by atoms with Crippen LogP contribution in [-0.4, -0.2) is 19.5 Å². The number of H-pyrrole nitrogens is 1. The van der Waals surface area contributed by atoms with E-state index in [2.05, 4.69) is 27.1 Å². The average Bonchev–Trinajstić information content (AvgIpc) is 2.75. The van der Waals surface area contributed by atoms with Gasteiger partial charge in [-0.2, -0.15) is 0 Å². The molecular weight excluding hydrogens is 258 g/mol. The molecule has 0 saturated heterocycles. The molecule has 0 bridgehead atoms. The van der Waals surface area contributed by atoms with Crippen LogP contribution in [-0.2, 0) is 13.0 Å². The van der Waals surface area contributed by atoms with Gasteiger partial charge in [0.05, 0.1) is 0 Å². The predicted octanol–water partition coefficient (Wildman–Crippen LogP) is 2.31. The fourth-order valence-electron chi connectivity index (χ4n) is 2.08. The van der Waals surface area contributed by atoms with E-state index in [0.717, 1.165) is 18.6 Å². The molecule has 0 unspecified atom stereocenters. The molecule has 0 spiro atoms. The van der Waals surface area contributed by atoms with Gasteiger partial charge in [0.1, 0.15) is 11.8 Å². The Hall–Kier alpha value is -2.21. The summed E-state index contributed by atoms with van der Waals surface area (Å²) in [6, 6.07) is 10.3. The normalized spacial score (nSPS) is 10.9. The first-order chi connectivity index (χ1) is 9.25. The van der Waals surface area contributed by atoms with Gasteiger partial charge in [-0.1, -0.05) is 30.3 Å². The van der Waals surface area contributed by atoms with Gasteiger partial charge in [-0.15, -0.1) is 0 Å². The monoisotopic (exact) mass is 271 g/mol. The molecule has 0 amide bonds. The number of fused-ring (bicyclic) bond motifs is 1. The molecule has 5 nitrogen and oxygen atoms in total. The number of benzene rings is 1. The molecule has 3 rings (SSSR count). The zero-order valence-corrected chi connectivity index (χ0v) is 11.0. The number of hydrogen-bond acceptors (Lipinski definition) is 4. The lowest BCUT2D eigenvalue weighted by Gasteiger charge is -2.04. The van der Waals surface area contributed by atoms with Crippen LogP contribution in [0.25, 0.3) is 11.2 Å². The summed E-state index contributed by atoms with van der Waals surface area (Å²) in [5, 5.41) is 0. The lowest BCUT2D eigenvalue weighted by Crippen LogP contribution is -2.03. The summed E-state index contributed by atoms with van der Waals surface area (Å²) in [5.74, 6) is 0.426. The zero-order valence-electron chi connectivity index (χ0n) is 10.2. The van der Waals surface area contributed by atoms with Gasteiger partial charge < -0.3 is 15.3 Å². The third-order valence-corrected chi connectivity index (χ3v) is 3.38. The molecule has 0 aliphatic heterocycles. The third-order valence-electron chi connectivity index (χ3n) is 3.06. The standard InChI is InChI=1S/C13H13N5S/c14-11-10-12(16-8-15-11)18(13(19)17-10)7-6-9-4-2-1-3-5-9/h1-5,8H,6-7H2,(H,17,19)(H2,14,15,16). The molecule has 6 heteroatoms. The van der Waals surface area contributed by atoms with Gasteiger partial charge in [-0.05, 0) is 24.2 Å². The van der Waals surface area contributed by atoms with Crippen molar-refractivity contribution in [1.29, 1.82) is 0 Å². The number of nitrogens with two attached hydrogens (primary N) is 1. The number of rotatable bonds is 3. The summed E-state index contributed by atoms with van der Waals surface area (Å²) in [6.07, 6.45) is 2.35. The Bertz CT molecular complexity index is 760. The maximum atomic E-state index is 5.80. The van der Waals surface area contributed by atoms with Crippen molar-refractivity contribution in [3.8, 4) is 0 Å². The van der Waals surface area contributed by atoms with Crippen molar-refractivity contribution < 1.29 is 0 Å². The Morgan fingerprint density at radius 2 is 2.00 bits per heavy atom. The Morgan fingerprint density at radius 1 is 1.21 bits per heavy atom. The van der Waals surface area contributed by atoms with Crippen molar-refractivity contribution in [3.63, 3.8) is 0 Å². The van der Waals surface area contributed by atoms with Crippen molar-refractivity contribution >= 4 is 29.2 Å². The molecule has 19 heavy (non-hydrogen) atoms. The van der Waals surface area contributed by atoms with E-state index in [1.807, 2.05) is 22.8 Å². The Morgan fingerprint density at radius 3 is 2.79 bits per heavy atom. The fraction of sp³-hybridized carbons (Fsp3) is 0.154. The largest absolute Gasteiger partial charge is 0.382 e. The number of anilines is 1. The molecule has 0 aliphatic carbocycles. The van der Waals surface area contributed by atoms with Crippen LogP contribution in [0.15, 0.2) is 36.7 Å². The number of nitrogens with zero attached hydrogens (tertiary/aromatic N) is 3. The lowest BCUT2D eigenvalue weighted by atomic mass is 10.1. The summed E-state index contributed by atoms with van der Waals surface area (Å²) >= 11 is 5.31. The van der Waals surface area contributed by atoms with E-state index in [1.54, 1.807) is 0 Å². The van der Waals surface area contributed by atoms with E-state index in [0.29, 0.717) is 16.1 Å². The third kappa shape index (κ3) is 2.22. The van der Waals surface area contributed by atoms with Gasteiger partial charge in [0, 0.05) is 6.54 Å². The van der Waals surface area contributed by atoms with Crippen molar-refractivity contribution in [2.45, 2.75) is 13.0 Å². The highest BCUT2D eigenvalue weighted by Crippen LogP contribution is 2.16. The van der Waals surface area contributed by atoms with E-state index in [4.69, 9.17) is 18.0 Å². The first kappa shape index (κ1) is 11.9. The molecule has 0 fully saturated rings. The van der Waals surface area contributed by atoms with Crippen LogP contribution in [0.4, 0.5) is 5.82 Å². The minimum absolute atomic E-state index is 0.426. The Balaban J connectivity index is 1.95. The van der Waals surface area contributed by atoms with E-state index >= 15 is 0 Å². The van der Waals surface area contributed by atoms with Crippen LogP contribution in [0.2, 0.25) is 0 Å².